The molecule has 3 aromatic rings. The minimum absolute atomic E-state index is 0.145. The lowest BCUT2D eigenvalue weighted by molar-refractivity contribution is 0.0951. The van der Waals surface area contributed by atoms with Gasteiger partial charge in [-0.25, -0.2) is 4.98 Å². The van der Waals surface area contributed by atoms with Crippen LogP contribution in [0.2, 0.25) is 0 Å². The van der Waals surface area contributed by atoms with Crippen molar-refractivity contribution in [1.29, 1.82) is 0 Å². The van der Waals surface area contributed by atoms with Gasteiger partial charge in [-0.2, -0.15) is 0 Å². The van der Waals surface area contributed by atoms with Gasteiger partial charge in [-0.15, -0.1) is 0 Å². The Balaban J connectivity index is 1.65. The van der Waals surface area contributed by atoms with Gasteiger partial charge >= 0.3 is 0 Å². The van der Waals surface area contributed by atoms with Gasteiger partial charge in [-0.05, 0) is 54.1 Å². The zero-order valence-electron chi connectivity index (χ0n) is 12.7. The predicted molar refractivity (Wildman–Crippen MR) is 97.1 cm³/mol. The third-order valence-corrected chi connectivity index (χ3v) is 3.87. The molecular weight excluding hydrogens is 368 g/mol. The molecule has 2 aromatic heterocycles. The first-order valence-electron chi connectivity index (χ1n) is 7.36. The van der Waals surface area contributed by atoms with E-state index in [0.717, 1.165) is 15.7 Å². The lowest BCUT2D eigenvalue weighted by Gasteiger charge is -2.08. The van der Waals surface area contributed by atoms with Gasteiger partial charge < -0.3 is 10.6 Å². The maximum absolute atomic E-state index is 12.3. The zero-order valence-corrected chi connectivity index (χ0v) is 14.3. The van der Waals surface area contributed by atoms with Crippen molar-refractivity contribution < 1.29 is 4.79 Å². The van der Waals surface area contributed by atoms with Crippen LogP contribution in [0.4, 0.5) is 11.5 Å². The summed E-state index contributed by atoms with van der Waals surface area (Å²) in [6.07, 6.45) is 5.02. The van der Waals surface area contributed by atoms with E-state index in [1.807, 2.05) is 36.4 Å². The van der Waals surface area contributed by atoms with Crippen molar-refractivity contribution in [1.82, 2.24) is 15.3 Å². The van der Waals surface area contributed by atoms with Gasteiger partial charge in [0.05, 0.1) is 0 Å². The first-order valence-corrected chi connectivity index (χ1v) is 8.16. The molecule has 120 valence electrons. The Labute approximate surface area is 148 Å². The van der Waals surface area contributed by atoms with E-state index in [0.29, 0.717) is 17.9 Å². The number of carbonyl (C=O) groups is 1. The van der Waals surface area contributed by atoms with Gasteiger partial charge in [0, 0.05) is 40.9 Å². The van der Waals surface area contributed by atoms with Crippen LogP contribution in [0.25, 0.3) is 0 Å². The highest BCUT2D eigenvalue weighted by Crippen LogP contribution is 2.18. The topological polar surface area (TPSA) is 66.9 Å². The van der Waals surface area contributed by atoms with Crippen LogP contribution >= 0.6 is 15.9 Å². The summed E-state index contributed by atoms with van der Waals surface area (Å²) in [7, 11) is 0. The number of pyridine rings is 2. The number of carbonyl (C=O) groups excluding carboxylic acids is 1. The quantitative estimate of drug-likeness (QED) is 0.701. The molecule has 3 rings (SSSR count). The van der Waals surface area contributed by atoms with Crippen molar-refractivity contribution in [3.8, 4) is 0 Å². The van der Waals surface area contributed by atoms with Crippen molar-refractivity contribution in [3.63, 3.8) is 0 Å². The monoisotopic (exact) mass is 382 g/mol. The highest BCUT2D eigenvalue weighted by atomic mass is 79.9. The molecule has 2 N–H and O–H groups in total. The summed E-state index contributed by atoms with van der Waals surface area (Å²) in [5.74, 6) is 0.474. The Morgan fingerprint density at radius 1 is 1.00 bits per heavy atom. The maximum atomic E-state index is 12.3. The van der Waals surface area contributed by atoms with Crippen LogP contribution in [0.15, 0.2) is 71.6 Å². The van der Waals surface area contributed by atoms with Crippen LogP contribution in [0.3, 0.4) is 0 Å². The molecule has 1 amide bonds. The van der Waals surface area contributed by atoms with Crippen molar-refractivity contribution in [2.45, 2.75) is 6.54 Å². The highest BCUT2D eigenvalue weighted by Gasteiger charge is 2.07. The number of nitrogens with zero attached hydrogens (tertiary/aromatic N) is 2. The van der Waals surface area contributed by atoms with Crippen molar-refractivity contribution in [2.75, 3.05) is 5.32 Å². The van der Waals surface area contributed by atoms with Gasteiger partial charge in [-0.1, -0.05) is 15.9 Å². The van der Waals surface area contributed by atoms with Gasteiger partial charge in [0.25, 0.3) is 5.91 Å². The van der Waals surface area contributed by atoms with E-state index in [1.54, 1.807) is 30.7 Å². The molecule has 0 aliphatic heterocycles. The van der Waals surface area contributed by atoms with Crippen LogP contribution in [0, 0.1) is 0 Å². The Morgan fingerprint density at radius 2 is 1.75 bits per heavy atom. The normalized spacial score (nSPS) is 10.2. The molecule has 0 fully saturated rings. The number of halogens is 1. The Kier molecular flexibility index (Phi) is 5.18. The third-order valence-electron chi connectivity index (χ3n) is 3.34. The van der Waals surface area contributed by atoms with Crippen molar-refractivity contribution >= 4 is 33.3 Å². The van der Waals surface area contributed by atoms with E-state index < -0.39 is 0 Å². The smallest absolute Gasteiger partial charge is 0.251 e. The molecule has 0 aliphatic rings. The minimum atomic E-state index is -0.145. The molecule has 2 heterocycles. The average Bonchev–Trinajstić information content (AvgIpc) is 2.63. The molecule has 0 aliphatic carbocycles. The predicted octanol–water partition coefficient (Wildman–Crippen LogP) is 3.91. The lowest BCUT2D eigenvalue weighted by Crippen LogP contribution is -2.22. The molecule has 0 saturated carbocycles. The third kappa shape index (κ3) is 4.39. The number of nitrogens with one attached hydrogen (secondary N) is 2. The summed E-state index contributed by atoms with van der Waals surface area (Å²) in [6, 6.07) is 14.9. The fourth-order valence-electron chi connectivity index (χ4n) is 2.11. The fourth-order valence-corrected chi connectivity index (χ4v) is 2.37. The molecule has 24 heavy (non-hydrogen) atoms. The Hall–Kier alpha value is -2.73. The molecule has 0 atom stereocenters. The molecule has 0 radical (unpaired) electrons. The zero-order chi connectivity index (χ0) is 16.8. The van der Waals surface area contributed by atoms with Crippen LogP contribution in [0.1, 0.15) is 15.9 Å². The second kappa shape index (κ2) is 7.70. The summed E-state index contributed by atoms with van der Waals surface area (Å²) in [5.41, 5.74) is 2.46. The SMILES string of the molecule is O=C(NCc1ccncc1)c1ccnc(Nc2ccc(Br)cc2)c1. The fraction of sp³-hybridized carbons (Fsp3) is 0.0556. The van der Waals surface area contributed by atoms with Gasteiger partial charge in [0.15, 0.2) is 0 Å². The van der Waals surface area contributed by atoms with E-state index in [2.05, 4.69) is 36.5 Å². The minimum Gasteiger partial charge on any atom is -0.348 e. The number of benzene rings is 1. The number of aromatic nitrogens is 2. The molecule has 0 saturated heterocycles. The van der Waals surface area contributed by atoms with Gasteiger partial charge in [0.2, 0.25) is 0 Å². The first-order chi connectivity index (χ1) is 11.7. The molecule has 6 heteroatoms. The van der Waals surface area contributed by atoms with E-state index >= 15 is 0 Å². The summed E-state index contributed by atoms with van der Waals surface area (Å²) in [4.78, 5) is 20.5. The molecule has 0 spiro atoms. The Bertz CT molecular complexity index is 822. The molecular formula is C18H15BrN4O. The van der Waals surface area contributed by atoms with E-state index in [-0.39, 0.29) is 5.91 Å². The summed E-state index contributed by atoms with van der Waals surface area (Å²) < 4.78 is 1.00. The van der Waals surface area contributed by atoms with E-state index in [4.69, 9.17) is 0 Å². The second-order valence-electron chi connectivity index (χ2n) is 5.10. The lowest BCUT2D eigenvalue weighted by atomic mass is 10.2. The van der Waals surface area contributed by atoms with Gasteiger partial charge in [-0.3, -0.25) is 9.78 Å². The molecule has 0 unspecified atom stereocenters. The summed E-state index contributed by atoms with van der Waals surface area (Å²) in [5, 5.41) is 6.07. The van der Waals surface area contributed by atoms with Gasteiger partial charge in [0.1, 0.15) is 5.82 Å². The standard InChI is InChI=1S/C18H15BrN4O/c19-15-1-3-16(4-2-15)23-17-11-14(7-10-21-17)18(24)22-12-13-5-8-20-9-6-13/h1-11H,12H2,(H,21,23)(H,22,24). The first kappa shape index (κ1) is 16.1. The molecule has 1 aromatic carbocycles. The maximum Gasteiger partial charge on any atom is 0.251 e. The number of rotatable bonds is 5. The summed E-state index contributed by atoms with van der Waals surface area (Å²) in [6.45, 7) is 0.457. The molecule has 0 bridgehead atoms. The number of hydrogen-bond acceptors (Lipinski definition) is 4. The van der Waals surface area contributed by atoms with Crippen LogP contribution < -0.4 is 10.6 Å². The Morgan fingerprint density at radius 3 is 2.50 bits per heavy atom. The average molecular weight is 383 g/mol. The van der Waals surface area contributed by atoms with Crippen LogP contribution in [0.5, 0.6) is 0 Å². The summed E-state index contributed by atoms with van der Waals surface area (Å²) >= 11 is 3.40. The van der Waals surface area contributed by atoms with Crippen LogP contribution in [-0.4, -0.2) is 15.9 Å². The second-order valence-corrected chi connectivity index (χ2v) is 6.02. The van der Waals surface area contributed by atoms with Crippen molar-refractivity contribution in [2.24, 2.45) is 0 Å². The largest absolute Gasteiger partial charge is 0.348 e. The number of hydrogen-bond donors (Lipinski definition) is 2. The van der Waals surface area contributed by atoms with Crippen LogP contribution in [-0.2, 0) is 6.54 Å². The molecule has 5 nitrogen and oxygen atoms in total. The number of amides is 1. The van der Waals surface area contributed by atoms with E-state index in [1.165, 1.54) is 0 Å². The van der Waals surface area contributed by atoms with E-state index in [9.17, 15) is 4.79 Å². The van der Waals surface area contributed by atoms with Crippen molar-refractivity contribution in [3.05, 3.63) is 82.7 Å². The highest BCUT2D eigenvalue weighted by molar-refractivity contribution is 9.10. The number of anilines is 2.